The van der Waals surface area contributed by atoms with E-state index in [2.05, 4.69) is 44.4 Å². The lowest BCUT2D eigenvalue weighted by Gasteiger charge is -2.38. The predicted octanol–water partition coefficient (Wildman–Crippen LogP) is 6.59. The summed E-state index contributed by atoms with van der Waals surface area (Å²) in [6.07, 6.45) is 9.41. The second-order valence-corrected chi connectivity index (χ2v) is 10.9. The Labute approximate surface area is 230 Å². The third-order valence-corrected chi connectivity index (χ3v) is 7.73. The predicted molar refractivity (Wildman–Crippen MR) is 156 cm³/mol. The molecule has 7 heteroatoms. The Balaban J connectivity index is 1.88. The highest BCUT2D eigenvalue weighted by Crippen LogP contribution is 2.31. The number of benzene rings is 1. The van der Waals surface area contributed by atoms with Gasteiger partial charge in [-0.05, 0) is 57.4 Å². The molecule has 0 radical (unpaired) electrons. The molecule has 1 aliphatic rings. The molecule has 0 unspecified atom stereocenters. The fraction of sp³-hybridized carbons (Fsp3) is 0.677. The van der Waals surface area contributed by atoms with Crippen molar-refractivity contribution in [2.75, 3.05) is 37.6 Å². The van der Waals surface area contributed by atoms with Gasteiger partial charge in [-0.15, -0.1) is 0 Å². The summed E-state index contributed by atoms with van der Waals surface area (Å²) in [5, 5.41) is 5.04. The number of amides is 1. The zero-order valence-corrected chi connectivity index (χ0v) is 24.5. The molecule has 212 valence electrons. The number of halogens is 1. The molecular weight excluding hydrogens is 477 g/mol. The summed E-state index contributed by atoms with van der Waals surface area (Å²) in [5.41, 5.74) is 3.01. The molecule has 38 heavy (non-hydrogen) atoms. The van der Waals surface area contributed by atoms with E-state index in [1.165, 1.54) is 37.8 Å². The number of unbranched alkanes of at least 4 members (excludes halogenated alkanes) is 5. The van der Waals surface area contributed by atoms with Crippen molar-refractivity contribution in [1.29, 1.82) is 0 Å². The van der Waals surface area contributed by atoms with Gasteiger partial charge in [0.15, 0.2) is 0 Å². The van der Waals surface area contributed by atoms with E-state index in [0.717, 1.165) is 81.2 Å². The number of nitrogens with zero attached hydrogens (tertiary/aromatic N) is 5. The van der Waals surface area contributed by atoms with Gasteiger partial charge in [0.25, 0.3) is 0 Å². The smallest absolute Gasteiger partial charge is 0.222 e. The van der Waals surface area contributed by atoms with E-state index in [1.807, 2.05) is 9.58 Å². The highest BCUT2D eigenvalue weighted by molar-refractivity contribution is 5.76. The van der Waals surface area contributed by atoms with Gasteiger partial charge >= 0.3 is 0 Å². The molecule has 3 rings (SSSR count). The molecule has 2 aromatic rings. The van der Waals surface area contributed by atoms with Crippen molar-refractivity contribution in [3.05, 3.63) is 41.3 Å². The number of hydrogen-bond acceptors (Lipinski definition) is 4. The molecule has 1 fully saturated rings. The van der Waals surface area contributed by atoms with Crippen LogP contribution < -0.4 is 4.90 Å². The molecular formula is C31H50FN5O. The number of hydrogen-bond donors (Lipinski definition) is 0. The molecule has 1 amide bonds. The molecule has 6 nitrogen and oxygen atoms in total. The van der Waals surface area contributed by atoms with Gasteiger partial charge in [0.05, 0.1) is 17.9 Å². The van der Waals surface area contributed by atoms with Crippen LogP contribution in [0.2, 0.25) is 0 Å². The average Bonchev–Trinajstić information content (AvgIpc) is 3.28. The Bertz CT molecular complexity index is 979. The second-order valence-electron chi connectivity index (χ2n) is 10.9. The summed E-state index contributed by atoms with van der Waals surface area (Å²) < 4.78 is 15.8. The number of carbonyl (C=O) groups excluding carboxylic acids is 1. The maximum absolute atomic E-state index is 13.8. The van der Waals surface area contributed by atoms with E-state index >= 15 is 0 Å². The quantitative estimate of drug-likeness (QED) is 0.245. The van der Waals surface area contributed by atoms with Gasteiger partial charge in [-0.25, -0.2) is 9.07 Å². The van der Waals surface area contributed by atoms with E-state index in [0.29, 0.717) is 19.0 Å². The first-order valence-corrected chi connectivity index (χ1v) is 15.0. The van der Waals surface area contributed by atoms with Gasteiger partial charge < -0.3 is 9.80 Å². The zero-order chi connectivity index (χ0) is 27.5. The first-order chi connectivity index (χ1) is 18.4. The highest BCUT2D eigenvalue weighted by atomic mass is 19.1. The SMILES string of the molecule is CCCCCCCCC(=O)N(CCC)Cc1c(CC)nn(-c2ccc(F)cc2)c1N1CCN(C(C)C)CC1. The summed E-state index contributed by atoms with van der Waals surface area (Å²) in [4.78, 5) is 20.4. The summed E-state index contributed by atoms with van der Waals surface area (Å²) >= 11 is 0. The van der Waals surface area contributed by atoms with Crippen LogP contribution in [0.5, 0.6) is 0 Å². The van der Waals surface area contributed by atoms with Crippen LogP contribution in [0.4, 0.5) is 10.2 Å². The maximum Gasteiger partial charge on any atom is 0.222 e. The minimum absolute atomic E-state index is 0.245. The minimum atomic E-state index is -0.252. The van der Waals surface area contributed by atoms with Crippen molar-refractivity contribution in [1.82, 2.24) is 19.6 Å². The Morgan fingerprint density at radius 3 is 2.21 bits per heavy atom. The van der Waals surface area contributed by atoms with E-state index in [1.54, 1.807) is 12.1 Å². The maximum atomic E-state index is 13.8. The standard InChI is InChI=1S/C31H50FN5O/c1-6-9-10-11-12-13-14-30(38)36(19-7-2)24-28-29(8-3)33-37(27-17-15-26(32)16-18-27)31(28)35-22-20-34(21-23-35)25(4)5/h15-18,25H,6-14,19-24H2,1-5H3. The molecule has 2 heterocycles. The summed E-state index contributed by atoms with van der Waals surface area (Å²) in [6, 6.07) is 7.11. The topological polar surface area (TPSA) is 44.6 Å². The fourth-order valence-corrected chi connectivity index (χ4v) is 5.44. The van der Waals surface area contributed by atoms with E-state index < -0.39 is 0 Å². The Kier molecular flexibility index (Phi) is 12.1. The average molecular weight is 528 g/mol. The lowest BCUT2D eigenvalue weighted by Crippen LogP contribution is -2.49. The number of aryl methyl sites for hydroxylation is 1. The van der Waals surface area contributed by atoms with Crippen LogP contribution >= 0.6 is 0 Å². The van der Waals surface area contributed by atoms with Gasteiger partial charge in [0.2, 0.25) is 5.91 Å². The Morgan fingerprint density at radius 2 is 1.61 bits per heavy atom. The molecule has 0 saturated carbocycles. The zero-order valence-electron chi connectivity index (χ0n) is 24.5. The molecule has 1 aliphatic heterocycles. The first kappa shape index (κ1) is 30.1. The van der Waals surface area contributed by atoms with Crippen molar-refractivity contribution in [2.45, 2.75) is 105 Å². The minimum Gasteiger partial charge on any atom is -0.354 e. The van der Waals surface area contributed by atoms with Crippen molar-refractivity contribution in [2.24, 2.45) is 0 Å². The second kappa shape index (κ2) is 15.2. The monoisotopic (exact) mass is 527 g/mol. The van der Waals surface area contributed by atoms with Gasteiger partial charge in [0, 0.05) is 50.7 Å². The Hall–Kier alpha value is -2.41. The molecule has 1 aromatic carbocycles. The number of rotatable bonds is 15. The largest absolute Gasteiger partial charge is 0.354 e. The van der Waals surface area contributed by atoms with Crippen LogP contribution in [0.3, 0.4) is 0 Å². The molecule has 0 N–H and O–H groups in total. The fourth-order valence-electron chi connectivity index (χ4n) is 5.44. The van der Waals surface area contributed by atoms with Gasteiger partial charge in [0.1, 0.15) is 11.6 Å². The third kappa shape index (κ3) is 8.05. The molecule has 1 saturated heterocycles. The van der Waals surface area contributed by atoms with Crippen LogP contribution in [-0.4, -0.2) is 64.3 Å². The molecule has 1 aromatic heterocycles. The number of anilines is 1. The van der Waals surface area contributed by atoms with E-state index in [4.69, 9.17) is 5.10 Å². The molecule has 0 aliphatic carbocycles. The molecule has 0 atom stereocenters. The summed E-state index contributed by atoms with van der Waals surface area (Å²) in [7, 11) is 0. The highest BCUT2D eigenvalue weighted by Gasteiger charge is 2.28. The van der Waals surface area contributed by atoms with E-state index in [-0.39, 0.29) is 11.7 Å². The lowest BCUT2D eigenvalue weighted by atomic mass is 10.1. The van der Waals surface area contributed by atoms with Crippen LogP contribution in [-0.2, 0) is 17.8 Å². The van der Waals surface area contributed by atoms with Crippen molar-refractivity contribution in [3.63, 3.8) is 0 Å². The summed E-state index contributed by atoms with van der Waals surface area (Å²) in [6.45, 7) is 16.1. The third-order valence-electron chi connectivity index (χ3n) is 7.73. The van der Waals surface area contributed by atoms with Crippen LogP contribution in [0.15, 0.2) is 24.3 Å². The first-order valence-electron chi connectivity index (χ1n) is 15.0. The van der Waals surface area contributed by atoms with Crippen LogP contribution in [0.25, 0.3) is 5.69 Å². The Morgan fingerprint density at radius 1 is 0.947 bits per heavy atom. The summed E-state index contributed by atoms with van der Waals surface area (Å²) in [5.74, 6) is 1.05. The molecule has 0 bridgehead atoms. The van der Waals surface area contributed by atoms with Gasteiger partial charge in [-0.1, -0.05) is 52.9 Å². The van der Waals surface area contributed by atoms with Crippen molar-refractivity contribution >= 4 is 11.7 Å². The van der Waals surface area contributed by atoms with Crippen LogP contribution in [0.1, 0.15) is 97.2 Å². The van der Waals surface area contributed by atoms with Gasteiger partial charge in [-0.3, -0.25) is 9.69 Å². The number of aromatic nitrogens is 2. The number of carbonyl (C=O) groups is 1. The van der Waals surface area contributed by atoms with Crippen molar-refractivity contribution in [3.8, 4) is 5.69 Å². The molecule has 0 spiro atoms. The lowest BCUT2D eigenvalue weighted by molar-refractivity contribution is -0.132. The normalized spacial score (nSPS) is 14.4. The van der Waals surface area contributed by atoms with Crippen LogP contribution in [0, 0.1) is 5.82 Å². The van der Waals surface area contributed by atoms with Gasteiger partial charge in [-0.2, -0.15) is 5.10 Å². The number of piperazine rings is 1. The van der Waals surface area contributed by atoms with Crippen molar-refractivity contribution < 1.29 is 9.18 Å². The van der Waals surface area contributed by atoms with E-state index in [9.17, 15) is 9.18 Å².